The van der Waals surface area contributed by atoms with Crippen LogP contribution in [0.2, 0.25) is 0 Å². The van der Waals surface area contributed by atoms with Gasteiger partial charge in [0.1, 0.15) is 55.2 Å². The summed E-state index contributed by atoms with van der Waals surface area (Å²) < 4.78 is 20.4. The summed E-state index contributed by atoms with van der Waals surface area (Å²) in [5.41, 5.74) is 2.36. The Kier molecular flexibility index (Phi) is 12.8. The Labute approximate surface area is 335 Å². The van der Waals surface area contributed by atoms with E-state index in [1.165, 1.54) is 28.9 Å². The Bertz CT molecular complexity index is 1990. The average Bonchev–Trinajstić information content (AvgIpc) is 3.83. The second-order valence-electron chi connectivity index (χ2n) is 15.8. The molecule has 4 aliphatic rings. The highest BCUT2D eigenvalue weighted by Gasteiger charge is 2.47. The largest absolute Gasteiger partial charge is 0.461 e. The van der Waals surface area contributed by atoms with Crippen molar-refractivity contribution < 1.29 is 47.5 Å². The van der Waals surface area contributed by atoms with Crippen LogP contribution in [-0.2, 0) is 55.9 Å². The Morgan fingerprint density at radius 2 is 1.67 bits per heavy atom. The molecule has 310 valence electrons. The third-order valence-corrected chi connectivity index (χ3v) is 11.1. The van der Waals surface area contributed by atoms with E-state index < -0.39 is 103 Å². The van der Waals surface area contributed by atoms with Gasteiger partial charge in [-0.15, -0.1) is 0 Å². The number of rotatable bonds is 7. The topological polar surface area (TPSA) is 204 Å². The molecule has 17 heteroatoms. The average molecular weight is 804 g/mol. The Morgan fingerprint density at radius 1 is 0.914 bits per heavy atom. The van der Waals surface area contributed by atoms with E-state index in [9.17, 15) is 42.7 Å². The van der Waals surface area contributed by atoms with Crippen molar-refractivity contribution in [2.24, 2.45) is 5.92 Å². The third-order valence-electron chi connectivity index (χ3n) is 11.1. The molecule has 58 heavy (non-hydrogen) atoms. The van der Waals surface area contributed by atoms with Gasteiger partial charge in [0.25, 0.3) is 0 Å². The van der Waals surface area contributed by atoms with E-state index in [1.807, 2.05) is 26.0 Å². The van der Waals surface area contributed by atoms with Gasteiger partial charge >= 0.3 is 5.97 Å². The molecule has 4 heterocycles. The zero-order chi connectivity index (χ0) is 41.8. The number of hydrogen-bond donors (Lipinski definition) is 4. The number of fused-ring (bicyclic) bond motifs is 3. The molecule has 0 bridgehead atoms. The van der Waals surface area contributed by atoms with Crippen molar-refractivity contribution in [3.8, 4) is 0 Å². The lowest BCUT2D eigenvalue weighted by Crippen LogP contribution is -2.66. The lowest BCUT2D eigenvalue weighted by molar-refractivity contribution is -0.158. The van der Waals surface area contributed by atoms with Crippen LogP contribution in [0.25, 0.3) is 0 Å². The van der Waals surface area contributed by atoms with Gasteiger partial charge < -0.3 is 40.7 Å². The number of carbonyl (C=O) groups excluding carboxylic acids is 8. The first-order valence-electron chi connectivity index (χ1n) is 19.6. The molecule has 0 unspecified atom stereocenters. The van der Waals surface area contributed by atoms with E-state index in [1.54, 1.807) is 25.1 Å². The van der Waals surface area contributed by atoms with Crippen molar-refractivity contribution in [1.82, 2.24) is 36.0 Å². The van der Waals surface area contributed by atoms with Gasteiger partial charge in [0.2, 0.25) is 41.4 Å². The lowest BCUT2D eigenvalue weighted by atomic mass is 10.0. The minimum absolute atomic E-state index is 0.0170. The number of nitrogens with one attached hydrogen (secondary N) is 4. The maximum Gasteiger partial charge on any atom is 0.328 e. The number of ether oxygens (including phenoxy) is 1. The molecule has 16 nitrogen and oxygen atoms in total. The smallest absolute Gasteiger partial charge is 0.328 e. The molecule has 4 saturated heterocycles. The number of carbonyl (C=O) groups is 8. The molecule has 7 amide bonds. The summed E-state index contributed by atoms with van der Waals surface area (Å²) in [7, 11) is 0. The fourth-order valence-electron chi connectivity index (χ4n) is 8.13. The first-order chi connectivity index (χ1) is 27.6. The third kappa shape index (κ3) is 9.45. The molecule has 4 aliphatic heterocycles. The van der Waals surface area contributed by atoms with E-state index in [2.05, 4.69) is 21.3 Å². The number of aryl methyl sites for hydroxylation is 2. The van der Waals surface area contributed by atoms with Crippen molar-refractivity contribution >= 4 is 47.3 Å². The Balaban J connectivity index is 1.32. The molecule has 4 N–H and O–H groups in total. The van der Waals surface area contributed by atoms with Gasteiger partial charge in [0, 0.05) is 26.1 Å². The molecule has 6 rings (SSSR count). The van der Waals surface area contributed by atoms with Crippen LogP contribution in [0, 0.1) is 25.6 Å². The van der Waals surface area contributed by atoms with Gasteiger partial charge in [0.15, 0.2) is 0 Å². The maximum absolute atomic E-state index is 14.7. The zero-order valence-corrected chi connectivity index (χ0v) is 33.0. The Morgan fingerprint density at radius 3 is 2.41 bits per heavy atom. The SMILES string of the molecule is Cc1cccc(C[C@H](NC(=O)Cc2ccc(C)cc2F)C(=O)N[C@H]2COC(=O)[C@@H]3C[C@@H](C)CN3C(=O)[C@H](C)NC(=O)[C@@H]3CNC(=O)CN3C(=O)[C@@H]3CCCN3C2=O)c1. The van der Waals surface area contributed by atoms with E-state index in [0.717, 1.165) is 10.5 Å². The highest BCUT2D eigenvalue weighted by atomic mass is 19.1. The molecule has 0 aliphatic carbocycles. The first kappa shape index (κ1) is 41.8. The number of cyclic esters (lactones) is 1. The summed E-state index contributed by atoms with van der Waals surface area (Å²) in [4.78, 5) is 114. The summed E-state index contributed by atoms with van der Waals surface area (Å²) in [6, 6.07) is 4.39. The normalized spacial score (nSPS) is 26.2. The standard InChI is InChI=1S/C41H50FN7O9/c1-22-7-5-8-26(13-22)16-29(45-34(50)17-27-11-10-23(2)14-28(27)42)36(52)46-30-21-58-41(57)32-15-24(3)19-48(32)38(54)25(4)44-37(53)33-18-43-35(51)20-49(33)40(56)31-9-6-12-47(31)39(30)55/h5,7-8,10-11,13-14,24-25,29-33H,6,9,12,15-21H2,1-4H3,(H,43,51)(H,44,53)(H,45,50)(H,46,52)/t24-,25+,29+,30+,31+,32+,33+/m1/s1. The predicted octanol–water partition coefficient (Wildman–Crippen LogP) is -0.186. The molecule has 0 aromatic heterocycles. The van der Waals surface area contributed by atoms with E-state index in [4.69, 9.17) is 4.74 Å². The van der Waals surface area contributed by atoms with Gasteiger partial charge in [0.05, 0.1) is 6.42 Å². The summed E-state index contributed by atoms with van der Waals surface area (Å²) in [5.74, 6) is -6.19. The van der Waals surface area contributed by atoms with Crippen LogP contribution in [0.1, 0.15) is 55.4 Å². The van der Waals surface area contributed by atoms with E-state index in [0.29, 0.717) is 17.5 Å². The quantitative estimate of drug-likeness (QED) is 0.274. The van der Waals surface area contributed by atoms with Crippen molar-refractivity contribution in [3.05, 3.63) is 70.5 Å². The molecule has 2 aromatic rings. The van der Waals surface area contributed by atoms with Crippen molar-refractivity contribution in [3.63, 3.8) is 0 Å². The van der Waals surface area contributed by atoms with E-state index >= 15 is 0 Å². The van der Waals surface area contributed by atoms with Gasteiger partial charge in [-0.25, -0.2) is 9.18 Å². The van der Waals surface area contributed by atoms with Crippen molar-refractivity contribution in [1.29, 1.82) is 0 Å². The zero-order valence-electron chi connectivity index (χ0n) is 33.0. The van der Waals surface area contributed by atoms with Gasteiger partial charge in [-0.05, 0) is 68.7 Å². The summed E-state index contributed by atoms with van der Waals surface area (Å²) in [6.45, 7) is 5.80. The number of nitrogens with zero attached hydrogens (tertiary/aromatic N) is 3. The number of halogens is 1. The van der Waals surface area contributed by atoms with Crippen LogP contribution < -0.4 is 21.3 Å². The number of piperazine rings is 1. The molecular formula is C41H50FN7O9. The first-order valence-corrected chi connectivity index (χ1v) is 19.6. The monoisotopic (exact) mass is 803 g/mol. The number of hydrogen-bond acceptors (Lipinski definition) is 9. The maximum atomic E-state index is 14.7. The highest BCUT2D eigenvalue weighted by Crippen LogP contribution is 2.27. The van der Waals surface area contributed by atoms with Crippen molar-refractivity contribution in [2.45, 2.75) is 96.1 Å². The fraction of sp³-hybridized carbons (Fsp3) is 0.512. The van der Waals surface area contributed by atoms with Crippen LogP contribution in [0.3, 0.4) is 0 Å². The van der Waals surface area contributed by atoms with Crippen LogP contribution in [0.15, 0.2) is 42.5 Å². The summed E-state index contributed by atoms with van der Waals surface area (Å²) in [6.07, 6.45) is 0.414. The second-order valence-corrected chi connectivity index (χ2v) is 15.8. The minimum atomic E-state index is -1.56. The molecule has 0 saturated carbocycles. The fourth-order valence-corrected chi connectivity index (χ4v) is 8.13. The van der Waals surface area contributed by atoms with Crippen molar-refractivity contribution in [2.75, 3.05) is 32.8 Å². The molecule has 4 fully saturated rings. The van der Waals surface area contributed by atoms with Gasteiger partial charge in [-0.1, -0.05) is 48.9 Å². The van der Waals surface area contributed by atoms with E-state index in [-0.39, 0.29) is 56.8 Å². The molecular weight excluding hydrogens is 753 g/mol. The highest BCUT2D eigenvalue weighted by molar-refractivity contribution is 6.00. The molecule has 7 atom stereocenters. The summed E-state index contributed by atoms with van der Waals surface area (Å²) >= 11 is 0. The number of amides is 7. The van der Waals surface area contributed by atoms with Gasteiger partial charge in [-0.2, -0.15) is 0 Å². The van der Waals surface area contributed by atoms with Gasteiger partial charge in [-0.3, -0.25) is 33.6 Å². The molecule has 0 spiro atoms. The van der Waals surface area contributed by atoms with Crippen LogP contribution in [0.4, 0.5) is 4.39 Å². The summed E-state index contributed by atoms with van der Waals surface area (Å²) in [5, 5.41) is 10.6. The molecule has 0 radical (unpaired) electrons. The van der Waals surface area contributed by atoms with Crippen LogP contribution in [0.5, 0.6) is 0 Å². The number of esters is 1. The van der Waals surface area contributed by atoms with Crippen LogP contribution in [-0.4, -0.2) is 131 Å². The minimum Gasteiger partial charge on any atom is -0.461 e. The second kappa shape index (κ2) is 17.7. The predicted molar refractivity (Wildman–Crippen MR) is 205 cm³/mol. The molecule has 2 aromatic carbocycles. The van der Waals surface area contributed by atoms with Crippen LogP contribution >= 0.6 is 0 Å². The number of benzene rings is 2. The lowest BCUT2D eigenvalue weighted by Gasteiger charge is -2.39. The Hall–Kier alpha value is -5.87.